The molecule has 0 amide bonds. The highest BCUT2D eigenvalue weighted by molar-refractivity contribution is 5.89. The lowest BCUT2D eigenvalue weighted by Crippen LogP contribution is -2.52. The Morgan fingerprint density at radius 2 is 1.82 bits per heavy atom. The Kier molecular flexibility index (Phi) is 5.66. The maximum Gasteiger partial charge on any atom is 0.338 e. The van der Waals surface area contributed by atoms with E-state index in [4.69, 9.17) is 14.2 Å². The summed E-state index contributed by atoms with van der Waals surface area (Å²) in [4.78, 5) is 12.8. The van der Waals surface area contributed by atoms with Gasteiger partial charge in [0.2, 0.25) is 0 Å². The minimum Gasteiger partial charge on any atom is -0.483 e. The van der Waals surface area contributed by atoms with Crippen LogP contribution in [0.15, 0.2) is 42.5 Å². The van der Waals surface area contributed by atoms with E-state index in [0.29, 0.717) is 5.56 Å². The van der Waals surface area contributed by atoms with Crippen molar-refractivity contribution in [2.24, 2.45) is 0 Å². The fourth-order valence-corrected chi connectivity index (χ4v) is 3.40. The van der Waals surface area contributed by atoms with Crippen molar-refractivity contribution in [1.82, 2.24) is 0 Å². The van der Waals surface area contributed by atoms with Crippen molar-refractivity contribution in [2.45, 2.75) is 58.5 Å². The van der Waals surface area contributed by atoms with Gasteiger partial charge < -0.3 is 19.5 Å². The lowest BCUT2D eigenvalue weighted by atomic mass is 9.87. The molecule has 0 saturated carbocycles. The standard InChI is InChI=1S/C23H29NO4/c1-14(2)26-20-18-13-17(24-6)11-12-19(18)28-23(4,5)21(20)27-22(25)16-9-7-15(3)8-10-16/h7-14,20-21,24H,1-6H3. The number of carbonyl (C=O) groups excluding carboxylic acids is 1. The van der Waals surface area contributed by atoms with E-state index in [1.54, 1.807) is 12.1 Å². The van der Waals surface area contributed by atoms with Gasteiger partial charge in [0, 0.05) is 18.3 Å². The number of aryl methyl sites for hydroxylation is 1. The summed E-state index contributed by atoms with van der Waals surface area (Å²) in [6.45, 7) is 9.78. The number of rotatable bonds is 5. The molecule has 150 valence electrons. The molecule has 0 aromatic heterocycles. The Morgan fingerprint density at radius 3 is 2.43 bits per heavy atom. The first kappa shape index (κ1) is 20.2. The van der Waals surface area contributed by atoms with E-state index in [9.17, 15) is 4.79 Å². The first-order chi connectivity index (χ1) is 13.2. The lowest BCUT2D eigenvalue weighted by Gasteiger charge is -2.44. The minimum atomic E-state index is -0.742. The molecule has 5 heteroatoms. The minimum absolute atomic E-state index is 0.0365. The van der Waals surface area contributed by atoms with Crippen LogP contribution < -0.4 is 10.1 Å². The first-order valence-electron chi connectivity index (χ1n) is 9.65. The molecule has 0 radical (unpaired) electrons. The molecule has 1 aliphatic rings. The molecular formula is C23H29NO4. The van der Waals surface area contributed by atoms with E-state index in [2.05, 4.69) is 5.32 Å². The summed E-state index contributed by atoms with van der Waals surface area (Å²) in [5, 5.41) is 3.14. The van der Waals surface area contributed by atoms with Crippen molar-refractivity contribution < 1.29 is 19.0 Å². The Hall–Kier alpha value is -2.53. The van der Waals surface area contributed by atoms with Crippen LogP contribution in [0.1, 0.15) is 55.3 Å². The number of benzene rings is 2. The zero-order chi connectivity index (χ0) is 20.5. The second kappa shape index (κ2) is 7.84. The van der Waals surface area contributed by atoms with Gasteiger partial charge >= 0.3 is 5.97 Å². The largest absolute Gasteiger partial charge is 0.483 e. The molecule has 1 N–H and O–H groups in total. The highest BCUT2D eigenvalue weighted by Gasteiger charge is 2.48. The van der Waals surface area contributed by atoms with Crippen LogP contribution in [0.4, 0.5) is 5.69 Å². The monoisotopic (exact) mass is 383 g/mol. The second-order valence-electron chi connectivity index (χ2n) is 8.01. The maximum atomic E-state index is 12.8. The van der Waals surface area contributed by atoms with Crippen LogP contribution in [-0.4, -0.2) is 30.8 Å². The van der Waals surface area contributed by atoms with Crippen molar-refractivity contribution in [2.75, 3.05) is 12.4 Å². The zero-order valence-corrected chi connectivity index (χ0v) is 17.4. The third-order valence-corrected chi connectivity index (χ3v) is 4.88. The lowest BCUT2D eigenvalue weighted by molar-refractivity contribution is -0.151. The van der Waals surface area contributed by atoms with Gasteiger partial charge in [0.1, 0.15) is 17.5 Å². The van der Waals surface area contributed by atoms with Gasteiger partial charge in [-0.05, 0) is 65.0 Å². The van der Waals surface area contributed by atoms with Crippen molar-refractivity contribution in [1.29, 1.82) is 0 Å². The number of fused-ring (bicyclic) bond motifs is 1. The Morgan fingerprint density at radius 1 is 1.14 bits per heavy atom. The highest BCUT2D eigenvalue weighted by atomic mass is 16.6. The molecule has 2 aromatic carbocycles. The van der Waals surface area contributed by atoms with Gasteiger partial charge in [0.05, 0.1) is 11.7 Å². The molecule has 28 heavy (non-hydrogen) atoms. The van der Waals surface area contributed by atoms with Crippen molar-refractivity contribution in [3.05, 3.63) is 59.2 Å². The summed E-state index contributed by atoms with van der Waals surface area (Å²) >= 11 is 0. The molecule has 2 unspecified atom stereocenters. The number of ether oxygens (including phenoxy) is 3. The van der Waals surface area contributed by atoms with Gasteiger partial charge in [-0.1, -0.05) is 17.7 Å². The zero-order valence-electron chi connectivity index (χ0n) is 17.4. The fourth-order valence-electron chi connectivity index (χ4n) is 3.40. The summed E-state index contributed by atoms with van der Waals surface area (Å²) in [7, 11) is 1.86. The van der Waals surface area contributed by atoms with Gasteiger partial charge in [-0.25, -0.2) is 4.79 Å². The Balaban J connectivity index is 1.98. The highest BCUT2D eigenvalue weighted by Crippen LogP contribution is 2.45. The normalized spacial score (nSPS) is 20.2. The summed E-state index contributed by atoms with van der Waals surface area (Å²) in [5.74, 6) is 0.365. The molecule has 0 saturated heterocycles. The molecule has 0 spiro atoms. The van der Waals surface area contributed by atoms with Crippen molar-refractivity contribution >= 4 is 11.7 Å². The third-order valence-electron chi connectivity index (χ3n) is 4.88. The van der Waals surface area contributed by atoms with E-state index < -0.39 is 17.8 Å². The molecule has 0 fully saturated rings. The molecule has 2 atom stereocenters. The van der Waals surface area contributed by atoms with Crippen LogP contribution in [0.2, 0.25) is 0 Å². The van der Waals surface area contributed by atoms with Crippen LogP contribution >= 0.6 is 0 Å². The Bertz CT molecular complexity index is 842. The van der Waals surface area contributed by atoms with E-state index in [-0.39, 0.29) is 12.1 Å². The van der Waals surface area contributed by atoms with Crippen molar-refractivity contribution in [3.63, 3.8) is 0 Å². The predicted molar refractivity (Wildman–Crippen MR) is 110 cm³/mol. The van der Waals surface area contributed by atoms with Gasteiger partial charge in [-0.2, -0.15) is 0 Å². The molecule has 5 nitrogen and oxygen atoms in total. The molecule has 3 rings (SSSR count). The number of carbonyl (C=O) groups is 1. The van der Waals surface area contributed by atoms with E-state index in [1.807, 2.05) is 72.0 Å². The maximum absolute atomic E-state index is 12.8. The number of hydrogen-bond acceptors (Lipinski definition) is 5. The van der Waals surface area contributed by atoms with Crippen LogP contribution in [0.25, 0.3) is 0 Å². The van der Waals surface area contributed by atoms with Crippen LogP contribution in [-0.2, 0) is 9.47 Å². The molecule has 0 bridgehead atoms. The predicted octanol–water partition coefficient (Wildman–Crippen LogP) is 4.90. The number of anilines is 1. The summed E-state index contributed by atoms with van der Waals surface area (Å²) < 4.78 is 18.4. The summed E-state index contributed by atoms with van der Waals surface area (Å²) in [6.07, 6.45) is -1.06. The van der Waals surface area contributed by atoms with Crippen LogP contribution in [0.3, 0.4) is 0 Å². The van der Waals surface area contributed by atoms with E-state index >= 15 is 0 Å². The molecule has 2 aromatic rings. The van der Waals surface area contributed by atoms with Gasteiger partial charge in [0.15, 0.2) is 6.10 Å². The molecular weight excluding hydrogens is 354 g/mol. The van der Waals surface area contributed by atoms with E-state index in [1.165, 1.54) is 0 Å². The topological polar surface area (TPSA) is 56.8 Å². The summed E-state index contributed by atoms with van der Waals surface area (Å²) in [5.41, 5.74) is 2.69. The quantitative estimate of drug-likeness (QED) is 0.744. The number of hydrogen-bond donors (Lipinski definition) is 1. The first-order valence-corrected chi connectivity index (χ1v) is 9.65. The van der Waals surface area contributed by atoms with Gasteiger partial charge in [-0.3, -0.25) is 0 Å². The Labute approximate surface area is 167 Å². The molecule has 1 heterocycles. The van der Waals surface area contributed by atoms with Crippen molar-refractivity contribution in [3.8, 4) is 5.75 Å². The number of nitrogens with one attached hydrogen (secondary N) is 1. The molecule has 0 aliphatic carbocycles. The smallest absolute Gasteiger partial charge is 0.338 e. The fraction of sp³-hybridized carbons (Fsp3) is 0.435. The average molecular weight is 383 g/mol. The van der Waals surface area contributed by atoms with Gasteiger partial charge in [-0.15, -0.1) is 0 Å². The average Bonchev–Trinajstić information content (AvgIpc) is 2.64. The second-order valence-corrected chi connectivity index (χ2v) is 8.01. The third kappa shape index (κ3) is 4.14. The molecule has 1 aliphatic heterocycles. The SMILES string of the molecule is CNc1ccc2c(c1)C(OC(C)C)C(OC(=O)c1ccc(C)cc1)C(C)(C)O2. The van der Waals surface area contributed by atoms with Gasteiger partial charge in [0.25, 0.3) is 0 Å². The van der Waals surface area contributed by atoms with E-state index in [0.717, 1.165) is 22.6 Å². The number of esters is 1. The van der Waals surface area contributed by atoms with Crippen LogP contribution in [0, 0.1) is 6.92 Å². The van der Waals surface area contributed by atoms with Crippen LogP contribution in [0.5, 0.6) is 5.75 Å². The summed E-state index contributed by atoms with van der Waals surface area (Å²) in [6, 6.07) is 13.2.